The van der Waals surface area contributed by atoms with E-state index < -0.39 is 0 Å². The molecule has 0 saturated carbocycles. The first-order valence-electron chi connectivity index (χ1n) is 4.18. The third-order valence-corrected chi connectivity index (χ3v) is 2.27. The highest BCUT2D eigenvalue weighted by molar-refractivity contribution is 5.66. The first-order valence-corrected chi connectivity index (χ1v) is 4.18. The molecule has 2 aliphatic heterocycles. The Morgan fingerprint density at radius 2 is 2.54 bits per heavy atom. The van der Waals surface area contributed by atoms with Gasteiger partial charge in [-0.25, -0.2) is 9.97 Å². The summed E-state index contributed by atoms with van der Waals surface area (Å²) in [5.41, 5.74) is 3.33. The van der Waals surface area contributed by atoms with Gasteiger partial charge in [-0.2, -0.15) is 0 Å². The number of aromatic nitrogens is 2. The molecular weight excluding hydrogens is 168 g/mol. The van der Waals surface area contributed by atoms with Gasteiger partial charge in [-0.3, -0.25) is 5.32 Å². The van der Waals surface area contributed by atoms with Crippen LogP contribution in [0.5, 0.6) is 5.88 Å². The van der Waals surface area contributed by atoms with E-state index >= 15 is 0 Å². The molecule has 0 fully saturated rings. The van der Waals surface area contributed by atoms with Crippen molar-refractivity contribution >= 4 is 5.70 Å². The van der Waals surface area contributed by atoms with Crippen LogP contribution in [0.15, 0.2) is 18.2 Å². The molecule has 66 valence electrons. The standard InChI is InChI=1S/C8H8N4O/c1-5-7-6(10-4-11-7)2-13-8(5)12-3-9-1/h1,3,10-11H,2,4H2/p+1. The van der Waals surface area contributed by atoms with Crippen LogP contribution in [-0.4, -0.2) is 23.2 Å². The lowest BCUT2D eigenvalue weighted by atomic mass is 10.2. The molecule has 0 amide bonds. The summed E-state index contributed by atoms with van der Waals surface area (Å²) >= 11 is 0. The van der Waals surface area contributed by atoms with Crippen LogP contribution in [0.2, 0.25) is 0 Å². The van der Waals surface area contributed by atoms with Gasteiger partial charge in [-0.1, -0.05) is 0 Å². The number of nitrogens with zero attached hydrogens (tertiary/aromatic N) is 2. The molecule has 0 spiro atoms. The van der Waals surface area contributed by atoms with E-state index in [0.717, 1.165) is 17.9 Å². The summed E-state index contributed by atoms with van der Waals surface area (Å²) < 4.78 is 5.45. The second-order valence-electron chi connectivity index (χ2n) is 3.01. The predicted octanol–water partition coefficient (Wildman–Crippen LogP) is -1.34. The lowest BCUT2D eigenvalue weighted by Crippen LogP contribution is -2.80. The monoisotopic (exact) mass is 177 g/mol. The fourth-order valence-corrected chi connectivity index (χ4v) is 1.65. The van der Waals surface area contributed by atoms with Crippen LogP contribution in [-0.2, 0) is 0 Å². The number of nitrogens with one attached hydrogen (secondary N) is 1. The molecular formula is C8H9N4O+. The number of nitrogens with two attached hydrogens (primary N) is 1. The van der Waals surface area contributed by atoms with Crippen molar-refractivity contribution in [3.05, 3.63) is 23.8 Å². The molecule has 0 aliphatic carbocycles. The topological polar surface area (TPSA) is 63.7 Å². The highest BCUT2D eigenvalue weighted by Crippen LogP contribution is 2.25. The van der Waals surface area contributed by atoms with Crippen LogP contribution >= 0.6 is 0 Å². The van der Waals surface area contributed by atoms with Gasteiger partial charge in [0.05, 0.1) is 0 Å². The fraction of sp³-hybridized carbons (Fsp3) is 0.250. The quantitative estimate of drug-likeness (QED) is 0.515. The summed E-state index contributed by atoms with van der Waals surface area (Å²) in [4.78, 5) is 8.05. The van der Waals surface area contributed by atoms with Crippen molar-refractivity contribution in [2.24, 2.45) is 0 Å². The average molecular weight is 177 g/mol. The Hall–Kier alpha value is -1.62. The normalized spacial score (nSPS) is 18.8. The average Bonchev–Trinajstić information content (AvgIpc) is 2.65. The van der Waals surface area contributed by atoms with E-state index in [1.54, 1.807) is 6.20 Å². The predicted molar refractivity (Wildman–Crippen MR) is 44.4 cm³/mol. The van der Waals surface area contributed by atoms with E-state index in [1.165, 1.54) is 12.0 Å². The van der Waals surface area contributed by atoms with Crippen LogP contribution in [0.3, 0.4) is 0 Å². The minimum absolute atomic E-state index is 0.593. The zero-order valence-electron chi connectivity index (χ0n) is 6.95. The van der Waals surface area contributed by atoms with Crippen molar-refractivity contribution in [2.45, 2.75) is 0 Å². The number of quaternary nitrogens is 1. The zero-order chi connectivity index (χ0) is 8.67. The van der Waals surface area contributed by atoms with Gasteiger partial charge in [0.1, 0.15) is 24.2 Å². The van der Waals surface area contributed by atoms with Crippen LogP contribution in [0.1, 0.15) is 5.56 Å². The van der Waals surface area contributed by atoms with Crippen molar-refractivity contribution in [1.29, 1.82) is 0 Å². The van der Waals surface area contributed by atoms with Crippen LogP contribution in [0.4, 0.5) is 0 Å². The Morgan fingerprint density at radius 1 is 1.54 bits per heavy atom. The minimum Gasteiger partial charge on any atom is -0.470 e. The van der Waals surface area contributed by atoms with Crippen LogP contribution < -0.4 is 15.4 Å². The summed E-state index contributed by atoms with van der Waals surface area (Å²) in [5.74, 6) is 0.689. The third kappa shape index (κ3) is 0.905. The maximum absolute atomic E-state index is 5.45. The molecule has 2 aliphatic rings. The number of ether oxygens (including phenoxy) is 1. The summed E-state index contributed by atoms with van der Waals surface area (Å²) in [6, 6.07) is 0. The van der Waals surface area contributed by atoms with E-state index in [0.29, 0.717) is 12.5 Å². The Labute approximate surface area is 74.8 Å². The lowest BCUT2D eigenvalue weighted by Gasteiger charge is -2.13. The maximum atomic E-state index is 5.45. The number of hydrogen-bond acceptors (Lipinski definition) is 4. The molecule has 0 saturated heterocycles. The van der Waals surface area contributed by atoms with Crippen molar-refractivity contribution in [2.75, 3.05) is 13.3 Å². The number of fused-ring (bicyclic) bond motifs is 2. The smallest absolute Gasteiger partial charge is 0.230 e. The molecule has 3 rings (SSSR count). The van der Waals surface area contributed by atoms with E-state index in [9.17, 15) is 0 Å². The second kappa shape index (κ2) is 2.43. The van der Waals surface area contributed by atoms with Gasteiger partial charge in [0.25, 0.3) is 0 Å². The van der Waals surface area contributed by atoms with Gasteiger partial charge in [0.2, 0.25) is 5.88 Å². The van der Waals surface area contributed by atoms with Crippen LogP contribution in [0, 0.1) is 0 Å². The summed E-state index contributed by atoms with van der Waals surface area (Å²) in [7, 11) is 0. The number of rotatable bonds is 0. The molecule has 5 heteroatoms. The van der Waals surface area contributed by atoms with Crippen LogP contribution in [0.25, 0.3) is 5.70 Å². The van der Waals surface area contributed by atoms with Gasteiger partial charge >= 0.3 is 0 Å². The summed E-state index contributed by atoms with van der Waals surface area (Å²) in [5, 5.41) is 5.38. The van der Waals surface area contributed by atoms with Gasteiger partial charge in [0, 0.05) is 6.20 Å². The zero-order valence-corrected chi connectivity index (χ0v) is 6.95. The molecule has 0 bridgehead atoms. The highest BCUT2D eigenvalue weighted by atomic mass is 16.5. The molecule has 1 aromatic heterocycles. The van der Waals surface area contributed by atoms with E-state index in [-0.39, 0.29) is 0 Å². The molecule has 3 heterocycles. The molecule has 3 N–H and O–H groups in total. The van der Waals surface area contributed by atoms with Gasteiger partial charge in [-0.15, -0.1) is 0 Å². The third-order valence-electron chi connectivity index (χ3n) is 2.27. The van der Waals surface area contributed by atoms with E-state index in [2.05, 4.69) is 20.6 Å². The minimum atomic E-state index is 0.593. The molecule has 0 radical (unpaired) electrons. The van der Waals surface area contributed by atoms with E-state index in [1.807, 2.05) is 0 Å². The van der Waals surface area contributed by atoms with Crippen molar-refractivity contribution in [3.63, 3.8) is 0 Å². The molecule has 0 unspecified atom stereocenters. The molecule has 13 heavy (non-hydrogen) atoms. The molecule has 1 aromatic rings. The SMILES string of the molecule is c1ncc2c(n1)OCC1=C2[NH2+]CN1. The van der Waals surface area contributed by atoms with Gasteiger partial charge < -0.3 is 10.1 Å². The Bertz CT molecular complexity index is 387. The lowest BCUT2D eigenvalue weighted by molar-refractivity contribution is -0.557. The maximum Gasteiger partial charge on any atom is 0.230 e. The largest absolute Gasteiger partial charge is 0.470 e. The highest BCUT2D eigenvalue weighted by Gasteiger charge is 2.28. The number of hydrogen-bond donors (Lipinski definition) is 2. The van der Waals surface area contributed by atoms with E-state index in [4.69, 9.17) is 4.74 Å². The molecule has 0 atom stereocenters. The van der Waals surface area contributed by atoms with Crippen molar-refractivity contribution < 1.29 is 10.1 Å². The summed E-state index contributed by atoms with van der Waals surface area (Å²) in [6.45, 7) is 1.47. The van der Waals surface area contributed by atoms with Gasteiger partial charge in [-0.05, 0) is 0 Å². The van der Waals surface area contributed by atoms with Gasteiger partial charge in [0.15, 0.2) is 12.4 Å². The molecule has 5 nitrogen and oxygen atoms in total. The fourth-order valence-electron chi connectivity index (χ4n) is 1.65. The molecule has 0 aromatic carbocycles. The Balaban J connectivity index is 2.18. The first kappa shape index (κ1) is 6.85. The Kier molecular flexibility index (Phi) is 1.28. The first-order chi connectivity index (χ1) is 6.45. The Morgan fingerprint density at radius 3 is 3.54 bits per heavy atom. The summed E-state index contributed by atoms with van der Waals surface area (Å²) in [6.07, 6.45) is 3.30. The second-order valence-corrected chi connectivity index (χ2v) is 3.01. The van der Waals surface area contributed by atoms with Crippen molar-refractivity contribution in [3.8, 4) is 5.88 Å². The van der Waals surface area contributed by atoms with Crippen molar-refractivity contribution in [1.82, 2.24) is 15.3 Å².